The van der Waals surface area contributed by atoms with Gasteiger partial charge in [0.1, 0.15) is 25.0 Å². The van der Waals surface area contributed by atoms with E-state index < -0.39 is 6.10 Å². The van der Waals surface area contributed by atoms with Crippen LogP contribution in [-0.4, -0.2) is 49.0 Å². The Morgan fingerprint density at radius 3 is 2.17 bits per heavy atom. The van der Waals surface area contributed by atoms with Gasteiger partial charge < -0.3 is 38.3 Å². The van der Waals surface area contributed by atoms with Gasteiger partial charge in [-0.15, -0.1) is 0 Å². The van der Waals surface area contributed by atoms with Crippen molar-refractivity contribution in [2.24, 2.45) is 0 Å². The maximum atomic E-state index is 10.2. The molecule has 0 aromatic heterocycles. The minimum atomic E-state index is -0.410. The van der Waals surface area contributed by atoms with Gasteiger partial charge in [-0.25, -0.2) is 0 Å². The summed E-state index contributed by atoms with van der Waals surface area (Å²) < 4.78 is 6.72. The number of hydrogen-bond donors (Lipinski definition) is 1. The van der Waals surface area contributed by atoms with Crippen LogP contribution in [0.4, 0.5) is 0 Å². The number of likely N-dealkylation sites (N-methyl/N-ethyl adjacent to an activating group) is 1. The van der Waals surface area contributed by atoms with Crippen LogP contribution in [0.25, 0.3) is 11.1 Å². The normalized spacial score (nSPS) is 17.1. The molecule has 130 valence electrons. The Bertz CT molecular complexity index is 609. The highest BCUT2D eigenvalue weighted by Gasteiger charge is 2.29. The SMILES string of the molecule is C[N+]1(CC(O)COc2ccc(-c3ccccc3)cc2)CCCC1.[I-]. The highest BCUT2D eigenvalue weighted by atomic mass is 127. The first-order valence-corrected chi connectivity index (χ1v) is 8.45. The molecule has 24 heavy (non-hydrogen) atoms. The summed E-state index contributed by atoms with van der Waals surface area (Å²) in [5, 5.41) is 10.2. The summed E-state index contributed by atoms with van der Waals surface area (Å²) in [7, 11) is 2.23. The van der Waals surface area contributed by atoms with Crippen LogP contribution in [0.1, 0.15) is 12.8 Å². The number of likely N-dealkylation sites (tertiary alicyclic amines) is 1. The number of ether oxygens (including phenoxy) is 1. The second-order valence-corrected chi connectivity index (χ2v) is 6.81. The van der Waals surface area contributed by atoms with Crippen molar-refractivity contribution < 1.29 is 38.3 Å². The fourth-order valence-electron chi connectivity index (χ4n) is 3.41. The van der Waals surface area contributed by atoms with Crippen LogP contribution in [0, 0.1) is 0 Å². The Labute approximate surface area is 161 Å². The fraction of sp³-hybridized carbons (Fsp3) is 0.400. The van der Waals surface area contributed by atoms with Crippen molar-refractivity contribution in [2.75, 3.05) is 33.3 Å². The second-order valence-electron chi connectivity index (χ2n) is 6.81. The third-order valence-corrected chi connectivity index (χ3v) is 4.70. The Balaban J connectivity index is 0.00000208. The molecule has 0 radical (unpaired) electrons. The number of aliphatic hydroxyl groups is 1. The molecule has 1 aliphatic heterocycles. The van der Waals surface area contributed by atoms with Gasteiger partial charge in [-0.2, -0.15) is 0 Å². The zero-order valence-corrected chi connectivity index (χ0v) is 16.4. The largest absolute Gasteiger partial charge is 1.00 e. The minimum Gasteiger partial charge on any atom is -1.00 e. The summed E-state index contributed by atoms with van der Waals surface area (Å²) >= 11 is 0. The summed E-state index contributed by atoms with van der Waals surface area (Å²) in [6.07, 6.45) is 2.13. The molecule has 2 aromatic carbocycles. The van der Waals surface area contributed by atoms with Gasteiger partial charge in [-0.1, -0.05) is 42.5 Å². The monoisotopic (exact) mass is 439 g/mol. The summed E-state index contributed by atoms with van der Waals surface area (Å²) in [6, 6.07) is 18.4. The van der Waals surface area contributed by atoms with Gasteiger partial charge in [-0.3, -0.25) is 0 Å². The van der Waals surface area contributed by atoms with E-state index in [9.17, 15) is 5.11 Å². The average Bonchev–Trinajstić information content (AvgIpc) is 3.00. The van der Waals surface area contributed by atoms with Gasteiger partial charge in [0.25, 0.3) is 0 Å². The number of rotatable bonds is 6. The molecule has 3 nitrogen and oxygen atoms in total. The van der Waals surface area contributed by atoms with E-state index in [4.69, 9.17) is 4.74 Å². The molecule has 0 saturated carbocycles. The summed E-state index contributed by atoms with van der Waals surface area (Å²) in [4.78, 5) is 0. The van der Waals surface area contributed by atoms with Crippen molar-refractivity contribution in [1.82, 2.24) is 0 Å². The first kappa shape index (κ1) is 19.2. The van der Waals surface area contributed by atoms with Crippen LogP contribution >= 0.6 is 0 Å². The summed E-state index contributed by atoms with van der Waals surface area (Å²) in [6.45, 7) is 3.48. The lowest BCUT2D eigenvalue weighted by atomic mass is 10.1. The van der Waals surface area contributed by atoms with Gasteiger partial charge in [0, 0.05) is 12.8 Å². The maximum absolute atomic E-state index is 10.2. The quantitative estimate of drug-likeness (QED) is 0.520. The molecule has 0 aliphatic carbocycles. The van der Waals surface area contributed by atoms with Crippen molar-refractivity contribution in [3.05, 3.63) is 54.6 Å². The van der Waals surface area contributed by atoms with E-state index in [1.54, 1.807) is 0 Å². The van der Waals surface area contributed by atoms with Gasteiger partial charge in [-0.05, 0) is 23.3 Å². The van der Waals surface area contributed by atoms with Crippen molar-refractivity contribution >= 4 is 0 Å². The number of hydrogen-bond acceptors (Lipinski definition) is 2. The van der Waals surface area contributed by atoms with Crippen LogP contribution in [0.2, 0.25) is 0 Å². The maximum Gasteiger partial charge on any atom is 0.137 e. The number of aliphatic hydroxyl groups excluding tert-OH is 1. The Hall–Kier alpha value is -1.11. The molecule has 1 atom stereocenters. The molecule has 4 heteroatoms. The zero-order chi connectivity index (χ0) is 16.1. The average molecular weight is 439 g/mol. The van der Waals surface area contributed by atoms with Crippen LogP contribution in [0.15, 0.2) is 54.6 Å². The standard InChI is InChI=1S/C20H26NO2.HI/c1-21(13-5-6-14-21)15-19(22)16-23-20-11-9-18(10-12-20)17-7-3-2-4-8-17;/h2-4,7-12,19,22H,5-6,13-16H2,1H3;1H/q+1;/p-1. The Morgan fingerprint density at radius 1 is 0.958 bits per heavy atom. The lowest BCUT2D eigenvalue weighted by Crippen LogP contribution is -3.00. The lowest BCUT2D eigenvalue weighted by molar-refractivity contribution is -0.900. The second kappa shape index (κ2) is 8.83. The number of halogens is 1. The highest BCUT2D eigenvalue weighted by molar-refractivity contribution is 5.63. The highest BCUT2D eigenvalue weighted by Crippen LogP contribution is 2.22. The van der Waals surface area contributed by atoms with E-state index in [0.29, 0.717) is 6.61 Å². The summed E-state index contributed by atoms with van der Waals surface area (Å²) in [5.41, 5.74) is 2.37. The Morgan fingerprint density at radius 2 is 1.54 bits per heavy atom. The van der Waals surface area contributed by atoms with E-state index in [1.165, 1.54) is 37.1 Å². The minimum absolute atomic E-state index is 0. The molecule has 0 amide bonds. The smallest absolute Gasteiger partial charge is 0.137 e. The number of benzene rings is 2. The molecule has 2 aromatic rings. The van der Waals surface area contributed by atoms with E-state index in [1.807, 2.05) is 30.3 Å². The molecule has 1 unspecified atom stereocenters. The van der Waals surface area contributed by atoms with Gasteiger partial charge >= 0.3 is 0 Å². The zero-order valence-electron chi connectivity index (χ0n) is 14.2. The van der Waals surface area contributed by atoms with Crippen LogP contribution in [-0.2, 0) is 0 Å². The van der Waals surface area contributed by atoms with Gasteiger partial charge in [0.15, 0.2) is 0 Å². The first-order chi connectivity index (χ1) is 11.1. The molecule has 0 bridgehead atoms. The molecule has 0 spiro atoms. The van der Waals surface area contributed by atoms with Crippen LogP contribution < -0.4 is 28.7 Å². The molecule has 3 rings (SSSR count). The first-order valence-electron chi connectivity index (χ1n) is 8.45. The molecule has 1 N–H and O–H groups in total. The molecule has 1 aliphatic rings. The number of quaternary nitrogens is 1. The van der Waals surface area contributed by atoms with Gasteiger partial charge in [0.2, 0.25) is 0 Å². The third kappa shape index (κ3) is 5.19. The summed E-state index contributed by atoms with van der Waals surface area (Å²) in [5.74, 6) is 0.813. The predicted octanol–water partition coefficient (Wildman–Crippen LogP) is 0.338. The fourth-order valence-corrected chi connectivity index (χ4v) is 3.41. The van der Waals surface area contributed by atoms with Crippen molar-refractivity contribution in [3.8, 4) is 16.9 Å². The van der Waals surface area contributed by atoms with E-state index in [0.717, 1.165) is 16.8 Å². The van der Waals surface area contributed by atoms with Crippen molar-refractivity contribution in [3.63, 3.8) is 0 Å². The van der Waals surface area contributed by atoms with Crippen LogP contribution in [0.5, 0.6) is 5.75 Å². The topological polar surface area (TPSA) is 29.5 Å². The number of nitrogens with zero attached hydrogens (tertiary/aromatic N) is 1. The van der Waals surface area contributed by atoms with E-state index >= 15 is 0 Å². The molecule has 1 heterocycles. The molecule has 1 saturated heterocycles. The van der Waals surface area contributed by atoms with Crippen LogP contribution in [0.3, 0.4) is 0 Å². The molecular weight excluding hydrogens is 413 g/mol. The molecular formula is C20H26INO2. The lowest BCUT2D eigenvalue weighted by Gasteiger charge is -2.31. The van der Waals surface area contributed by atoms with E-state index in [2.05, 4.69) is 31.3 Å². The van der Waals surface area contributed by atoms with Gasteiger partial charge in [0.05, 0.1) is 20.1 Å². The van der Waals surface area contributed by atoms with Crippen molar-refractivity contribution in [2.45, 2.75) is 18.9 Å². The van der Waals surface area contributed by atoms with Crippen molar-refractivity contribution in [1.29, 1.82) is 0 Å². The third-order valence-electron chi connectivity index (χ3n) is 4.70. The molecule has 1 fully saturated rings. The Kier molecular flexibility index (Phi) is 7.07. The van der Waals surface area contributed by atoms with E-state index in [-0.39, 0.29) is 24.0 Å². The predicted molar refractivity (Wildman–Crippen MR) is 93.4 cm³/mol.